The van der Waals surface area contributed by atoms with Gasteiger partial charge in [-0.2, -0.15) is 0 Å². The van der Waals surface area contributed by atoms with Crippen LogP contribution < -0.4 is 5.32 Å². The number of carbonyl (C=O) groups excluding carboxylic acids is 1. The Balaban J connectivity index is 1.46. The number of H-pyrrole nitrogens is 1. The predicted molar refractivity (Wildman–Crippen MR) is 110 cm³/mol. The molecule has 0 bridgehead atoms. The summed E-state index contributed by atoms with van der Waals surface area (Å²) in [6, 6.07) is 13.9. The van der Waals surface area contributed by atoms with Gasteiger partial charge in [0.1, 0.15) is 6.26 Å². The van der Waals surface area contributed by atoms with Crippen LogP contribution in [0.2, 0.25) is 0 Å². The number of fused-ring (bicyclic) bond motifs is 1. The summed E-state index contributed by atoms with van der Waals surface area (Å²) in [4.78, 5) is 20.5. The molecule has 0 aliphatic rings. The van der Waals surface area contributed by atoms with Gasteiger partial charge in [0.25, 0.3) is 0 Å². The Morgan fingerprint density at radius 2 is 1.82 bits per heavy atom. The topological polar surface area (TPSA) is 70.9 Å². The lowest BCUT2D eigenvalue weighted by atomic mass is 10.0. The smallest absolute Gasteiger partial charge is 0.226 e. The van der Waals surface area contributed by atoms with E-state index >= 15 is 0 Å². The summed E-state index contributed by atoms with van der Waals surface area (Å²) >= 11 is 0. The first kappa shape index (κ1) is 18.0. The fourth-order valence-electron chi connectivity index (χ4n) is 3.55. The summed E-state index contributed by atoms with van der Waals surface area (Å²) in [5.41, 5.74) is 7.19. The van der Waals surface area contributed by atoms with Crippen molar-refractivity contribution in [1.29, 1.82) is 0 Å². The zero-order valence-electron chi connectivity index (χ0n) is 16.3. The Morgan fingerprint density at radius 3 is 2.61 bits per heavy atom. The Bertz CT molecular complexity index is 1140. The maximum atomic E-state index is 12.6. The molecule has 2 heterocycles. The summed E-state index contributed by atoms with van der Waals surface area (Å²) in [6.45, 7) is 6.52. The minimum atomic E-state index is -0.0332. The number of nitrogens with one attached hydrogen (secondary N) is 2. The fourth-order valence-corrected chi connectivity index (χ4v) is 3.55. The third kappa shape index (κ3) is 3.43. The Labute approximate surface area is 163 Å². The SMILES string of the molecule is Cc1[nH]c2c(C)ccc(C)c2c1CC(=O)NCc1coc(-c2ccccc2)n1. The highest BCUT2D eigenvalue weighted by Crippen LogP contribution is 2.28. The van der Waals surface area contributed by atoms with Gasteiger partial charge < -0.3 is 14.7 Å². The highest BCUT2D eigenvalue weighted by molar-refractivity contribution is 5.93. The van der Waals surface area contributed by atoms with E-state index in [4.69, 9.17) is 4.42 Å². The van der Waals surface area contributed by atoms with Crippen molar-refractivity contribution in [1.82, 2.24) is 15.3 Å². The standard InChI is InChI=1S/C23H23N3O2/c1-14-9-10-15(2)22-21(14)19(16(3)25-22)11-20(27)24-12-18-13-28-23(26-18)17-7-5-4-6-8-17/h4-10,13,25H,11-12H2,1-3H3,(H,24,27). The maximum absolute atomic E-state index is 12.6. The molecule has 0 saturated carbocycles. The summed E-state index contributed by atoms with van der Waals surface area (Å²) in [5.74, 6) is 0.526. The molecular weight excluding hydrogens is 350 g/mol. The molecule has 4 aromatic rings. The number of carbonyl (C=O) groups is 1. The van der Waals surface area contributed by atoms with Crippen LogP contribution in [0.1, 0.15) is 28.1 Å². The van der Waals surface area contributed by atoms with Gasteiger partial charge in [-0.15, -0.1) is 0 Å². The van der Waals surface area contributed by atoms with Gasteiger partial charge in [-0.3, -0.25) is 4.79 Å². The van der Waals surface area contributed by atoms with Gasteiger partial charge in [0.2, 0.25) is 11.8 Å². The van der Waals surface area contributed by atoms with E-state index in [2.05, 4.69) is 41.3 Å². The van der Waals surface area contributed by atoms with Gasteiger partial charge in [-0.1, -0.05) is 30.3 Å². The van der Waals surface area contributed by atoms with E-state index in [1.54, 1.807) is 6.26 Å². The molecule has 4 rings (SSSR count). The number of aromatic nitrogens is 2. The number of rotatable bonds is 5. The average molecular weight is 373 g/mol. The van der Waals surface area contributed by atoms with Crippen LogP contribution >= 0.6 is 0 Å². The van der Waals surface area contributed by atoms with Crippen LogP contribution in [-0.2, 0) is 17.8 Å². The monoisotopic (exact) mass is 373 g/mol. The maximum Gasteiger partial charge on any atom is 0.226 e. The second-order valence-corrected chi connectivity index (χ2v) is 7.14. The molecule has 2 N–H and O–H groups in total. The van der Waals surface area contributed by atoms with Gasteiger partial charge in [0.15, 0.2) is 0 Å². The molecule has 0 atom stereocenters. The fraction of sp³-hybridized carbons (Fsp3) is 0.217. The zero-order valence-corrected chi connectivity index (χ0v) is 16.3. The number of nitrogens with zero attached hydrogens (tertiary/aromatic N) is 1. The highest BCUT2D eigenvalue weighted by Gasteiger charge is 2.16. The normalized spacial score (nSPS) is 11.1. The van der Waals surface area contributed by atoms with E-state index < -0.39 is 0 Å². The molecule has 5 nitrogen and oxygen atoms in total. The van der Waals surface area contributed by atoms with Gasteiger partial charge in [-0.25, -0.2) is 4.98 Å². The van der Waals surface area contributed by atoms with Gasteiger partial charge in [0.05, 0.1) is 18.7 Å². The van der Waals surface area contributed by atoms with E-state index in [1.807, 2.05) is 37.3 Å². The van der Waals surface area contributed by atoms with E-state index in [0.29, 0.717) is 24.6 Å². The quantitative estimate of drug-likeness (QED) is 0.537. The van der Waals surface area contributed by atoms with Crippen molar-refractivity contribution < 1.29 is 9.21 Å². The average Bonchev–Trinajstić information content (AvgIpc) is 3.30. The molecule has 0 aliphatic heterocycles. The molecule has 2 aromatic carbocycles. The van der Waals surface area contributed by atoms with Gasteiger partial charge in [0, 0.05) is 22.2 Å². The number of hydrogen-bond donors (Lipinski definition) is 2. The molecule has 1 amide bonds. The van der Waals surface area contributed by atoms with E-state index in [-0.39, 0.29) is 5.91 Å². The molecule has 142 valence electrons. The van der Waals surface area contributed by atoms with Crippen LogP contribution in [0.3, 0.4) is 0 Å². The summed E-state index contributed by atoms with van der Waals surface area (Å²) < 4.78 is 5.53. The van der Waals surface area contributed by atoms with E-state index in [9.17, 15) is 4.79 Å². The van der Waals surface area contributed by atoms with E-state index in [0.717, 1.165) is 27.7 Å². The third-order valence-corrected chi connectivity index (χ3v) is 5.07. The van der Waals surface area contributed by atoms with Gasteiger partial charge >= 0.3 is 0 Å². The summed E-state index contributed by atoms with van der Waals surface area (Å²) in [7, 11) is 0. The summed E-state index contributed by atoms with van der Waals surface area (Å²) in [6.07, 6.45) is 1.92. The molecule has 0 spiro atoms. The Kier molecular flexibility index (Phi) is 4.74. The predicted octanol–water partition coefficient (Wildman–Crippen LogP) is 4.61. The second-order valence-electron chi connectivity index (χ2n) is 7.14. The first-order valence-electron chi connectivity index (χ1n) is 9.37. The number of benzene rings is 2. The molecule has 5 heteroatoms. The molecule has 0 radical (unpaired) electrons. The lowest BCUT2D eigenvalue weighted by molar-refractivity contribution is -0.120. The molecule has 2 aromatic heterocycles. The molecular formula is C23H23N3O2. The Morgan fingerprint density at radius 1 is 1.07 bits per heavy atom. The molecule has 28 heavy (non-hydrogen) atoms. The van der Waals surface area contributed by atoms with Crippen molar-refractivity contribution >= 4 is 16.8 Å². The van der Waals surface area contributed by atoms with Crippen molar-refractivity contribution in [2.75, 3.05) is 0 Å². The first-order valence-corrected chi connectivity index (χ1v) is 9.37. The van der Waals surface area contributed by atoms with Crippen LogP contribution in [0.4, 0.5) is 0 Å². The van der Waals surface area contributed by atoms with Crippen molar-refractivity contribution in [2.24, 2.45) is 0 Å². The van der Waals surface area contributed by atoms with Crippen molar-refractivity contribution in [3.05, 3.63) is 76.8 Å². The number of oxazole rings is 1. The lowest BCUT2D eigenvalue weighted by Crippen LogP contribution is -2.25. The summed E-state index contributed by atoms with van der Waals surface area (Å²) in [5, 5.41) is 4.11. The van der Waals surface area contributed by atoms with Crippen LogP contribution in [0, 0.1) is 20.8 Å². The largest absolute Gasteiger partial charge is 0.444 e. The van der Waals surface area contributed by atoms with Crippen molar-refractivity contribution in [2.45, 2.75) is 33.7 Å². The number of aryl methyl sites for hydroxylation is 3. The lowest BCUT2D eigenvalue weighted by Gasteiger charge is -2.06. The number of aromatic amines is 1. The van der Waals surface area contributed by atoms with Crippen LogP contribution in [0.5, 0.6) is 0 Å². The van der Waals surface area contributed by atoms with Crippen molar-refractivity contribution in [3.63, 3.8) is 0 Å². The number of amides is 1. The van der Waals surface area contributed by atoms with Crippen LogP contribution in [-0.4, -0.2) is 15.9 Å². The van der Waals surface area contributed by atoms with Crippen molar-refractivity contribution in [3.8, 4) is 11.5 Å². The zero-order chi connectivity index (χ0) is 19.7. The second kappa shape index (κ2) is 7.35. The minimum Gasteiger partial charge on any atom is -0.444 e. The third-order valence-electron chi connectivity index (χ3n) is 5.07. The Hall–Kier alpha value is -3.34. The molecule has 0 aliphatic carbocycles. The van der Waals surface area contributed by atoms with Gasteiger partial charge in [-0.05, 0) is 49.6 Å². The van der Waals surface area contributed by atoms with Crippen LogP contribution in [0.25, 0.3) is 22.4 Å². The number of hydrogen-bond acceptors (Lipinski definition) is 3. The molecule has 0 saturated heterocycles. The molecule has 0 fully saturated rings. The highest BCUT2D eigenvalue weighted by atomic mass is 16.3. The van der Waals surface area contributed by atoms with Crippen LogP contribution in [0.15, 0.2) is 53.1 Å². The minimum absolute atomic E-state index is 0.0332. The first-order chi connectivity index (χ1) is 13.5. The van der Waals surface area contributed by atoms with E-state index in [1.165, 1.54) is 11.1 Å². The molecule has 0 unspecified atom stereocenters.